The number of fused-ring (bicyclic) bond motifs is 4. The second kappa shape index (κ2) is 9.12. The van der Waals surface area contributed by atoms with E-state index in [1.54, 1.807) is 0 Å². The van der Waals surface area contributed by atoms with E-state index in [1.165, 1.54) is 44.1 Å². The van der Waals surface area contributed by atoms with Crippen LogP contribution in [0.1, 0.15) is 64.2 Å². The van der Waals surface area contributed by atoms with Gasteiger partial charge in [-0.05, 0) is 62.7 Å². The molecular weight excluding hydrogens is 380 g/mol. The van der Waals surface area contributed by atoms with Gasteiger partial charge in [0.25, 0.3) is 0 Å². The van der Waals surface area contributed by atoms with Crippen LogP contribution in [0, 0.1) is 41.4 Å². The zero-order valence-corrected chi connectivity index (χ0v) is 18.0. The van der Waals surface area contributed by atoms with Crippen LogP contribution in [-0.4, -0.2) is 38.4 Å². The minimum atomic E-state index is -0.0858. The molecule has 0 aromatic heterocycles. The summed E-state index contributed by atoms with van der Waals surface area (Å²) in [6.45, 7) is 1.64. The van der Waals surface area contributed by atoms with Gasteiger partial charge in [0.2, 0.25) is 0 Å². The number of ether oxygens (including phenoxy) is 3. The molecule has 0 aromatic rings. The monoisotopic (exact) mass is 416 g/mol. The number of carbonyl (C=O) groups is 2. The van der Waals surface area contributed by atoms with Gasteiger partial charge in [0, 0.05) is 17.8 Å². The van der Waals surface area contributed by atoms with Crippen molar-refractivity contribution < 1.29 is 23.8 Å². The second-order valence-electron chi connectivity index (χ2n) is 10.7. The zero-order valence-electron chi connectivity index (χ0n) is 18.0. The summed E-state index contributed by atoms with van der Waals surface area (Å²) in [7, 11) is 0. The van der Waals surface area contributed by atoms with Crippen LogP contribution >= 0.6 is 0 Å². The Morgan fingerprint density at radius 3 is 2.47 bits per heavy atom. The maximum atomic E-state index is 12.6. The molecule has 5 atom stereocenters. The van der Waals surface area contributed by atoms with Crippen LogP contribution in [0.5, 0.6) is 0 Å². The summed E-state index contributed by atoms with van der Waals surface area (Å²) in [5, 5.41) is 0. The number of hydrogen-bond acceptors (Lipinski definition) is 5. The maximum Gasteiger partial charge on any atom is 0.309 e. The Hall–Kier alpha value is -1.20. The van der Waals surface area contributed by atoms with E-state index in [0.29, 0.717) is 31.7 Å². The lowest BCUT2D eigenvalue weighted by Crippen LogP contribution is -2.42. The molecule has 1 aliphatic heterocycles. The lowest BCUT2D eigenvalue weighted by molar-refractivity contribution is -0.238. The first kappa shape index (κ1) is 20.7. The van der Waals surface area contributed by atoms with E-state index in [0.717, 1.165) is 43.8 Å². The molecule has 0 spiro atoms. The van der Waals surface area contributed by atoms with Crippen LogP contribution in [0.4, 0.5) is 0 Å². The molecule has 3 saturated carbocycles. The standard InChI is InChI=1S/C25H36O5/c26-12-20-6-18-5-19(7-20)11-22(10-18)24(27)28-13-21-14-29-25(30-15-21)23-8-16-2-1-3-17(4-16)9-23/h6,12,16-17,19-23,25H,1-5,7-11,13-15H2. The normalized spacial score (nSPS) is 43.4. The Kier molecular flexibility index (Phi) is 6.29. The van der Waals surface area contributed by atoms with E-state index in [-0.39, 0.29) is 30.0 Å². The quantitative estimate of drug-likeness (QED) is 0.380. The molecule has 5 aliphatic rings. The molecule has 166 valence electrons. The summed E-state index contributed by atoms with van der Waals surface area (Å²) in [4.78, 5) is 23.7. The summed E-state index contributed by atoms with van der Waals surface area (Å²) in [6, 6.07) is 0. The van der Waals surface area contributed by atoms with Crippen molar-refractivity contribution in [2.75, 3.05) is 19.8 Å². The van der Waals surface area contributed by atoms with Crippen molar-refractivity contribution in [3.8, 4) is 0 Å². The highest BCUT2D eigenvalue weighted by Crippen LogP contribution is 2.45. The summed E-state index contributed by atoms with van der Waals surface area (Å²) in [6.07, 6.45) is 14.7. The van der Waals surface area contributed by atoms with Gasteiger partial charge in [-0.15, -0.1) is 0 Å². The van der Waals surface area contributed by atoms with E-state index in [2.05, 4.69) is 6.08 Å². The predicted octanol–water partition coefficient (Wildman–Crippen LogP) is 4.30. The minimum absolute atomic E-state index is 0.0453. The predicted molar refractivity (Wildman–Crippen MR) is 111 cm³/mol. The fraction of sp³-hybridized carbons (Fsp3) is 0.840. The lowest BCUT2D eigenvalue weighted by Gasteiger charge is -2.43. The smallest absolute Gasteiger partial charge is 0.309 e. The molecule has 5 heteroatoms. The van der Waals surface area contributed by atoms with Crippen molar-refractivity contribution >= 4 is 12.3 Å². The molecule has 4 aliphatic carbocycles. The first-order valence-corrected chi connectivity index (χ1v) is 12.2. The highest BCUT2D eigenvalue weighted by atomic mass is 16.7. The molecule has 1 saturated heterocycles. The number of rotatable bonds is 5. The van der Waals surface area contributed by atoms with E-state index in [4.69, 9.17) is 14.2 Å². The summed E-state index contributed by atoms with van der Waals surface area (Å²) < 4.78 is 17.9. The summed E-state index contributed by atoms with van der Waals surface area (Å²) in [5.41, 5.74) is 1.26. The van der Waals surface area contributed by atoms with Gasteiger partial charge in [-0.1, -0.05) is 30.9 Å². The van der Waals surface area contributed by atoms with Gasteiger partial charge in [-0.2, -0.15) is 0 Å². The van der Waals surface area contributed by atoms with Crippen molar-refractivity contribution in [1.29, 1.82) is 0 Å². The highest BCUT2D eigenvalue weighted by molar-refractivity contribution is 5.73. The fourth-order valence-corrected chi connectivity index (χ4v) is 6.93. The number of esters is 1. The lowest BCUT2D eigenvalue weighted by atomic mass is 9.68. The number of allylic oxidation sites excluding steroid dienone is 2. The second-order valence-corrected chi connectivity index (χ2v) is 10.7. The number of carbonyl (C=O) groups excluding carboxylic acids is 2. The van der Waals surface area contributed by atoms with Crippen molar-refractivity contribution in [3.63, 3.8) is 0 Å². The molecule has 1 heterocycles. The number of aldehydes is 1. The Labute approximate surface area is 179 Å². The van der Waals surface area contributed by atoms with Crippen molar-refractivity contribution in [2.45, 2.75) is 70.5 Å². The molecule has 5 unspecified atom stereocenters. The molecular formula is C25H36O5. The Morgan fingerprint density at radius 1 is 1.00 bits per heavy atom. The van der Waals surface area contributed by atoms with Gasteiger partial charge in [0.15, 0.2) is 6.29 Å². The Balaban J connectivity index is 1.05. The SMILES string of the molecule is O=CC1C=C2CC(C1)CC(C(=O)OCC1COC(C3CC4CCCC(C4)C3)OC1)C2. The molecule has 0 radical (unpaired) electrons. The maximum absolute atomic E-state index is 12.6. The van der Waals surface area contributed by atoms with Crippen molar-refractivity contribution in [3.05, 3.63) is 11.6 Å². The molecule has 0 N–H and O–H groups in total. The van der Waals surface area contributed by atoms with Gasteiger partial charge < -0.3 is 19.0 Å². The Morgan fingerprint density at radius 2 is 1.77 bits per heavy atom. The van der Waals surface area contributed by atoms with Crippen molar-refractivity contribution in [2.24, 2.45) is 41.4 Å². The topological polar surface area (TPSA) is 61.8 Å². The summed E-state index contributed by atoms with van der Waals surface area (Å²) in [5.74, 6) is 2.78. The van der Waals surface area contributed by atoms with Gasteiger partial charge in [-0.3, -0.25) is 4.79 Å². The molecule has 4 bridgehead atoms. The molecule has 5 rings (SSSR count). The first-order valence-electron chi connectivity index (χ1n) is 12.2. The van der Waals surface area contributed by atoms with Gasteiger partial charge in [0.05, 0.1) is 25.7 Å². The van der Waals surface area contributed by atoms with Gasteiger partial charge >= 0.3 is 5.97 Å². The average molecular weight is 417 g/mol. The fourth-order valence-electron chi connectivity index (χ4n) is 6.93. The molecule has 5 nitrogen and oxygen atoms in total. The molecule has 30 heavy (non-hydrogen) atoms. The van der Waals surface area contributed by atoms with Crippen LogP contribution < -0.4 is 0 Å². The molecule has 0 amide bonds. The summed E-state index contributed by atoms with van der Waals surface area (Å²) >= 11 is 0. The van der Waals surface area contributed by atoms with Crippen LogP contribution in [-0.2, 0) is 23.8 Å². The molecule has 0 aromatic carbocycles. The average Bonchev–Trinajstić information content (AvgIpc) is 2.76. The van der Waals surface area contributed by atoms with E-state index in [1.807, 2.05) is 0 Å². The minimum Gasteiger partial charge on any atom is -0.465 e. The highest BCUT2D eigenvalue weighted by Gasteiger charge is 2.39. The van der Waals surface area contributed by atoms with Gasteiger partial charge in [-0.25, -0.2) is 0 Å². The van der Waals surface area contributed by atoms with Crippen LogP contribution in [0.3, 0.4) is 0 Å². The van der Waals surface area contributed by atoms with E-state index < -0.39 is 0 Å². The first-order chi connectivity index (χ1) is 14.7. The third-order valence-electron chi connectivity index (χ3n) is 8.24. The van der Waals surface area contributed by atoms with Crippen molar-refractivity contribution in [1.82, 2.24) is 0 Å². The van der Waals surface area contributed by atoms with Crippen LogP contribution in [0.15, 0.2) is 11.6 Å². The van der Waals surface area contributed by atoms with Crippen LogP contribution in [0.2, 0.25) is 0 Å². The largest absolute Gasteiger partial charge is 0.465 e. The third-order valence-corrected chi connectivity index (χ3v) is 8.24. The Bertz CT molecular complexity index is 652. The molecule has 4 fully saturated rings. The third kappa shape index (κ3) is 4.67. The van der Waals surface area contributed by atoms with Gasteiger partial charge in [0.1, 0.15) is 6.29 Å². The van der Waals surface area contributed by atoms with E-state index in [9.17, 15) is 9.59 Å². The zero-order chi connectivity index (χ0) is 20.5. The van der Waals surface area contributed by atoms with E-state index >= 15 is 0 Å². The number of hydrogen-bond donors (Lipinski definition) is 0. The van der Waals surface area contributed by atoms with Crippen LogP contribution in [0.25, 0.3) is 0 Å².